The number of hydrogen-bond acceptors (Lipinski definition) is 1. The SMILES string of the molecule is C=CCC1C(C=C=CCCOC=C)CC(/C=C\C2CC(C=C)C3C=CCC23)C1C=C. The van der Waals surface area contributed by atoms with Crippen LogP contribution in [0.4, 0.5) is 0 Å². The molecule has 0 saturated heterocycles. The Morgan fingerprint density at radius 3 is 2.50 bits per heavy atom. The molecule has 8 unspecified atom stereocenters. The molecule has 3 aliphatic rings. The summed E-state index contributed by atoms with van der Waals surface area (Å²) >= 11 is 0. The molecule has 0 spiro atoms. The van der Waals surface area contributed by atoms with Gasteiger partial charge in [-0.25, -0.2) is 0 Å². The largest absolute Gasteiger partial charge is 0.501 e. The van der Waals surface area contributed by atoms with E-state index >= 15 is 0 Å². The standard InChI is InChI=1S/C29H38O/c1-5-13-27-23(14-10-9-11-19-30-8-4)21-24(26(27)7-3)17-18-25-20-22(6-2)28-15-12-16-29(25)28/h5-9,12,14-15,17-18,22-29H,1-4,11,13,16,19-21H2/b18-17-. The first-order chi connectivity index (χ1) is 14.7. The van der Waals surface area contributed by atoms with E-state index in [4.69, 9.17) is 4.74 Å². The van der Waals surface area contributed by atoms with Gasteiger partial charge in [0.15, 0.2) is 0 Å². The molecule has 3 aliphatic carbocycles. The van der Waals surface area contributed by atoms with Crippen molar-refractivity contribution >= 4 is 0 Å². The lowest BCUT2D eigenvalue weighted by atomic mass is 9.83. The first-order valence-electron chi connectivity index (χ1n) is 11.6. The summed E-state index contributed by atoms with van der Waals surface area (Å²) in [6, 6.07) is 0. The first-order valence-corrected chi connectivity index (χ1v) is 11.6. The smallest absolute Gasteiger partial charge is 0.0913 e. The predicted octanol–water partition coefficient (Wildman–Crippen LogP) is 7.45. The second-order valence-electron chi connectivity index (χ2n) is 9.02. The molecule has 160 valence electrons. The van der Waals surface area contributed by atoms with Crippen molar-refractivity contribution in [2.75, 3.05) is 6.61 Å². The van der Waals surface area contributed by atoms with Crippen LogP contribution in [0.5, 0.6) is 0 Å². The Balaban J connectivity index is 1.68. The van der Waals surface area contributed by atoms with Gasteiger partial charge in [0, 0.05) is 6.42 Å². The fourth-order valence-electron chi connectivity index (χ4n) is 6.03. The van der Waals surface area contributed by atoms with Gasteiger partial charge in [0.1, 0.15) is 0 Å². The molecule has 1 nitrogen and oxygen atoms in total. The lowest BCUT2D eigenvalue weighted by Gasteiger charge is -2.21. The lowest BCUT2D eigenvalue weighted by Crippen LogP contribution is -2.14. The summed E-state index contributed by atoms with van der Waals surface area (Å²) in [5.41, 5.74) is 3.40. The van der Waals surface area contributed by atoms with E-state index in [1.165, 1.54) is 25.5 Å². The third kappa shape index (κ3) is 5.08. The summed E-state index contributed by atoms with van der Waals surface area (Å²) in [5, 5.41) is 0. The third-order valence-electron chi connectivity index (χ3n) is 7.48. The van der Waals surface area contributed by atoms with Crippen LogP contribution in [-0.2, 0) is 4.74 Å². The molecule has 0 radical (unpaired) electrons. The highest BCUT2D eigenvalue weighted by Gasteiger charge is 2.42. The molecule has 0 aromatic rings. The molecule has 2 fully saturated rings. The Labute approximate surface area is 184 Å². The van der Waals surface area contributed by atoms with Crippen molar-refractivity contribution in [3.8, 4) is 0 Å². The van der Waals surface area contributed by atoms with Crippen LogP contribution in [0.25, 0.3) is 0 Å². The van der Waals surface area contributed by atoms with Crippen molar-refractivity contribution in [1.82, 2.24) is 0 Å². The van der Waals surface area contributed by atoms with E-state index in [1.807, 2.05) is 0 Å². The second-order valence-corrected chi connectivity index (χ2v) is 9.02. The Bertz CT molecular complexity index is 731. The average molecular weight is 403 g/mol. The second kappa shape index (κ2) is 11.2. The Morgan fingerprint density at radius 1 is 0.967 bits per heavy atom. The van der Waals surface area contributed by atoms with Crippen molar-refractivity contribution < 1.29 is 4.74 Å². The van der Waals surface area contributed by atoms with Gasteiger partial charge in [-0.15, -0.1) is 25.5 Å². The van der Waals surface area contributed by atoms with Crippen LogP contribution in [0, 0.1) is 47.3 Å². The van der Waals surface area contributed by atoms with E-state index in [1.54, 1.807) is 0 Å². The highest BCUT2D eigenvalue weighted by atomic mass is 16.5. The number of fused-ring (bicyclic) bond motifs is 1. The number of rotatable bonds is 11. The van der Waals surface area contributed by atoms with Gasteiger partial charge in [-0.1, -0.05) is 49.1 Å². The van der Waals surface area contributed by atoms with Gasteiger partial charge in [0.25, 0.3) is 0 Å². The summed E-state index contributed by atoms with van der Waals surface area (Å²) in [6.07, 6.45) is 27.6. The Kier molecular flexibility index (Phi) is 8.40. The molecular formula is C29H38O. The minimum absolute atomic E-state index is 0.500. The van der Waals surface area contributed by atoms with E-state index in [0.717, 1.165) is 18.8 Å². The van der Waals surface area contributed by atoms with Gasteiger partial charge in [-0.3, -0.25) is 0 Å². The minimum atomic E-state index is 0.500. The molecule has 3 rings (SSSR count). The summed E-state index contributed by atoms with van der Waals surface area (Å²) in [4.78, 5) is 0. The topological polar surface area (TPSA) is 9.23 Å². The average Bonchev–Trinajstić information content (AvgIpc) is 3.44. The summed E-state index contributed by atoms with van der Waals surface area (Å²) in [7, 11) is 0. The van der Waals surface area contributed by atoms with E-state index in [2.05, 4.69) is 86.7 Å². The number of allylic oxidation sites excluding steroid dienone is 7. The molecular weight excluding hydrogens is 364 g/mol. The van der Waals surface area contributed by atoms with Gasteiger partial charge in [0.2, 0.25) is 0 Å². The van der Waals surface area contributed by atoms with Crippen LogP contribution >= 0.6 is 0 Å². The van der Waals surface area contributed by atoms with Crippen LogP contribution in [-0.4, -0.2) is 6.61 Å². The van der Waals surface area contributed by atoms with Crippen molar-refractivity contribution in [3.63, 3.8) is 0 Å². The maximum atomic E-state index is 5.18. The number of hydrogen-bond donors (Lipinski definition) is 0. The van der Waals surface area contributed by atoms with Crippen molar-refractivity contribution in [2.24, 2.45) is 47.3 Å². The van der Waals surface area contributed by atoms with Crippen molar-refractivity contribution in [2.45, 2.75) is 32.1 Å². The predicted molar refractivity (Wildman–Crippen MR) is 129 cm³/mol. The molecule has 1 heteroatoms. The Hall–Kier alpha value is -2.24. The van der Waals surface area contributed by atoms with Crippen molar-refractivity contribution in [1.29, 1.82) is 0 Å². The molecule has 8 atom stereocenters. The van der Waals surface area contributed by atoms with Crippen LogP contribution in [0.1, 0.15) is 32.1 Å². The van der Waals surface area contributed by atoms with Gasteiger partial charge in [0.05, 0.1) is 12.9 Å². The van der Waals surface area contributed by atoms with Crippen molar-refractivity contribution in [3.05, 3.63) is 93.0 Å². The maximum Gasteiger partial charge on any atom is 0.0913 e. The van der Waals surface area contributed by atoms with Crippen LogP contribution in [0.2, 0.25) is 0 Å². The molecule has 0 aromatic carbocycles. The van der Waals surface area contributed by atoms with Crippen LogP contribution in [0.3, 0.4) is 0 Å². The first kappa shape index (κ1) is 22.4. The summed E-state index contributed by atoms with van der Waals surface area (Å²) < 4.78 is 5.18. The summed E-state index contributed by atoms with van der Waals surface area (Å²) in [5.74, 6) is 4.92. The fourth-order valence-corrected chi connectivity index (χ4v) is 6.03. The third-order valence-corrected chi connectivity index (χ3v) is 7.48. The van der Waals surface area contributed by atoms with Gasteiger partial charge >= 0.3 is 0 Å². The summed E-state index contributed by atoms with van der Waals surface area (Å²) in [6.45, 7) is 16.5. The monoisotopic (exact) mass is 402 g/mol. The number of ether oxygens (including phenoxy) is 1. The fraction of sp³-hybridized carbons (Fsp3) is 0.483. The zero-order valence-corrected chi connectivity index (χ0v) is 18.4. The molecule has 0 N–H and O–H groups in total. The maximum absolute atomic E-state index is 5.18. The van der Waals surface area contributed by atoms with Gasteiger partial charge in [-0.2, -0.15) is 0 Å². The highest BCUT2D eigenvalue weighted by Crippen LogP contribution is 2.50. The molecule has 0 amide bonds. The molecule has 0 aromatic heterocycles. The van der Waals surface area contributed by atoms with E-state index in [9.17, 15) is 0 Å². The zero-order valence-electron chi connectivity index (χ0n) is 18.4. The van der Waals surface area contributed by atoms with E-state index in [-0.39, 0.29) is 0 Å². The molecule has 2 saturated carbocycles. The normalized spacial score (nSPS) is 36.8. The van der Waals surface area contributed by atoms with E-state index in [0.29, 0.717) is 48.0 Å². The lowest BCUT2D eigenvalue weighted by molar-refractivity contribution is 0.257. The molecule has 0 aliphatic heterocycles. The van der Waals surface area contributed by atoms with Gasteiger partial charge in [-0.05, 0) is 85.2 Å². The minimum Gasteiger partial charge on any atom is -0.501 e. The van der Waals surface area contributed by atoms with Crippen LogP contribution in [0.15, 0.2) is 93.0 Å². The van der Waals surface area contributed by atoms with E-state index < -0.39 is 0 Å². The molecule has 30 heavy (non-hydrogen) atoms. The zero-order chi connectivity index (χ0) is 21.3. The molecule has 0 heterocycles. The van der Waals surface area contributed by atoms with Gasteiger partial charge < -0.3 is 4.74 Å². The van der Waals surface area contributed by atoms with Crippen LogP contribution < -0.4 is 0 Å². The molecule has 0 bridgehead atoms. The highest BCUT2D eigenvalue weighted by molar-refractivity contribution is 5.18. The Morgan fingerprint density at radius 2 is 1.77 bits per heavy atom. The quantitative estimate of drug-likeness (QED) is 0.151.